The van der Waals surface area contributed by atoms with Gasteiger partial charge in [0.25, 0.3) is 5.91 Å². The van der Waals surface area contributed by atoms with E-state index in [0.29, 0.717) is 0 Å². The molecule has 2 N–H and O–H groups in total. The number of phenolic OH excluding ortho intramolecular Hbond substituents is 1. The summed E-state index contributed by atoms with van der Waals surface area (Å²) in [6.45, 7) is 4.04. The number of halogens is 1. The van der Waals surface area contributed by atoms with Gasteiger partial charge in [0.1, 0.15) is 5.75 Å². The Bertz CT molecular complexity index is 975. The molecule has 6 heteroatoms. The minimum absolute atomic E-state index is 0.0721. The van der Waals surface area contributed by atoms with Crippen molar-refractivity contribution >= 4 is 34.7 Å². The SMILES string of the molecule is Cc1cc(/C=N/NC(=O)c2ccccc2O)c(C)n1-c1ccc(I)cc1. The minimum atomic E-state index is -0.453. The van der Waals surface area contributed by atoms with Gasteiger partial charge in [-0.15, -0.1) is 0 Å². The van der Waals surface area contributed by atoms with Crippen LogP contribution in [0.4, 0.5) is 0 Å². The Balaban J connectivity index is 1.79. The fourth-order valence-electron chi connectivity index (χ4n) is 2.79. The number of aromatic hydroxyl groups is 1. The Labute approximate surface area is 165 Å². The van der Waals surface area contributed by atoms with E-state index in [-0.39, 0.29) is 11.3 Å². The van der Waals surface area contributed by atoms with Gasteiger partial charge in [-0.3, -0.25) is 4.79 Å². The molecule has 0 radical (unpaired) electrons. The molecule has 0 aliphatic heterocycles. The van der Waals surface area contributed by atoms with Crippen molar-refractivity contribution in [3.8, 4) is 11.4 Å². The second-order valence-electron chi connectivity index (χ2n) is 5.85. The fraction of sp³-hybridized carbons (Fsp3) is 0.100. The largest absolute Gasteiger partial charge is 0.507 e. The van der Waals surface area contributed by atoms with E-state index in [1.807, 2.05) is 19.9 Å². The Hall–Kier alpha value is -2.61. The minimum Gasteiger partial charge on any atom is -0.507 e. The van der Waals surface area contributed by atoms with E-state index < -0.39 is 5.91 Å². The molecule has 1 aromatic heterocycles. The van der Waals surface area contributed by atoms with E-state index in [0.717, 1.165) is 22.6 Å². The smallest absolute Gasteiger partial charge is 0.275 e. The Morgan fingerprint density at radius 1 is 1.15 bits per heavy atom. The van der Waals surface area contributed by atoms with Crippen LogP contribution >= 0.6 is 22.6 Å². The van der Waals surface area contributed by atoms with Crippen LogP contribution in [0.25, 0.3) is 5.69 Å². The molecule has 5 nitrogen and oxygen atoms in total. The number of rotatable bonds is 4. The average Bonchev–Trinajstić information content (AvgIpc) is 2.90. The number of hydrazone groups is 1. The lowest BCUT2D eigenvalue weighted by Crippen LogP contribution is -2.17. The molecule has 0 atom stereocenters. The van der Waals surface area contributed by atoms with Gasteiger partial charge >= 0.3 is 0 Å². The Morgan fingerprint density at radius 3 is 2.54 bits per heavy atom. The summed E-state index contributed by atoms with van der Waals surface area (Å²) in [5.74, 6) is -0.525. The summed E-state index contributed by atoms with van der Waals surface area (Å²) in [5.41, 5.74) is 6.75. The number of nitrogens with one attached hydrogen (secondary N) is 1. The summed E-state index contributed by atoms with van der Waals surface area (Å²) in [4.78, 5) is 12.1. The lowest BCUT2D eigenvalue weighted by atomic mass is 10.2. The fourth-order valence-corrected chi connectivity index (χ4v) is 3.15. The summed E-state index contributed by atoms with van der Waals surface area (Å²) in [7, 11) is 0. The van der Waals surface area contributed by atoms with E-state index in [4.69, 9.17) is 0 Å². The van der Waals surface area contributed by atoms with Gasteiger partial charge < -0.3 is 9.67 Å². The zero-order chi connectivity index (χ0) is 18.7. The summed E-state index contributed by atoms with van der Waals surface area (Å²) >= 11 is 2.28. The van der Waals surface area contributed by atoms with Crippen LogP contribution in [-0.2, 0) is 0 Å². The van der Waals surface area contributed by atoms with Crippen molar-refractivity contribution in [1.29, 1.82) is 0 Å². The number of hydrogen-bond donors (Lipinski definition) is 2. The highest BCUT2D eigenvalue weighted by molar-refractivity contribution is 14.1. The van der Waals surface area contributed by atoms with Crippen LogP contribution in [-0.4, -0.2) is 21.8 Å². The van der Waals surface area contributed by atoms with Crippen molar-refractivity contribution in [2.75, 3.05) is 0 Å². The van der Waals surface area contributed by atoms with Crippen LogP contribution in [0.3, 0.4) is 0 Å². The quantitative estimate of drug-likeness (QED) is 0.350. The molecule has 0 aliphatic carbocycles. The first kappa shape index (κ1) is 18.2. The van der Waals surface area contributed by atoms with Crippen LogP contribution in [0.1, 0.15) is 27.3 Å². The summed E-state index contributed by atoms with van der Waals surface area (Å²) in [5, 5.41) is 13.7. The maximum Gasteiger partial charge on any atom is 0.275 e. The van der Waals surface area contributed by atoms with Crippen LogP contribution in [0.15, 0.2) is 59.7 Å². The normalized spacial score (nSPS) is 11.0. The van der Waals surface area contributed by atoms with Gasteiger partial charge in [-0.05, 0) is 78.9 Å². The zero-order valence-corrected chi connectivity index (χ0v) is 16.6. The molecule has 0 saturated carbocycles. The molecule has 0 aliphatic rings. The van der Waals surface area contributed by atoms with E-state index in [9.17, 15) is 9.90 Å². The Kier molecular flexibility index (Phi) is 5.41. The highest BCUT2D eigenvalue weighted by atomic mass is 127. The number of para-hydroxylation sites is 1. The van der Waals surface area contributed by atoms with Crippen LogP contribution in [0.5, 0.6) is 5.75 Å². The molecule has 0 bridgehead atoms. The first-order chi connectivity index (χ1) is 12.5. The number of amides is 1. The van der Waals surface area contributed by atoms with Crippen molar-refractivity contribution in [1.82, 2.24) is 9.99 Å². The molecule has 3 rings (SSSR count). The lowest BCUT2D eigenvalue weighted by molar-refractivity contribution is 0.0952. The van der Waals surface area contributed by atoms with Gasteiger partial charge in [-0.2, -0.15) is 5.10 Å². The van der Waals surface area contributed by atoms with Gasteiger partial charge in [-0.1, -0.05) is 12.1 Å². The molecule has 0 spiro atoms. The molecular formula is C20H18IN3O2. The number of phenols is 1. The molecule has 0 fully saturated rings. The molecule has 2 aromatic carbocycles. The highest BCUT2D eigenvalue weighted by Crippen LogP contribution is 2.20. The van der Waals surface area contributed by atoms with Gasteiger partial charge in [0.2, 0.25) is 0 Å². The number of carbonyl (C=O) groups excluding carboxylic acids is 1. The van der Waals surface area contributed by atoms with Crippen LogP contribution < -0.4 is 5.43 Å². The molecule has 3 aromatic rings. The van der Waals surface area contributed by atoms with E-state index in [2.05, 4.69) is 62.0 Å². The number of benzene rings is 2. The zero-order valence-electron chi connectivity index (χ0n) is 14.4. The molecule has 132 valence electrons. The van der Waals surface area contributed by atoms with Gasteiger partial charge in [0.15, 0.2) is 0 Å². The first-order valence-electron chi connectivity index (χ1n) is 8.03. The topological polar surface area (TPSA) is 66.6 Å². The standard InChI is InChI=1S/C20H18IN3O2/c1-13-11-15(14(2)24(13)17-9-7-16(21)8-10-17)12-22-23-20(26)18-5-3-4-6-19(18)25/h3-12,25H,1-2H3,(H,23,26)/b22-12+. The molecule has 0 saturated heterocycles. The third kappa shape index (κ3) is 3.80. The third-order valence-electron chi connectivity index (χ3n) is 4.07. The van der Waals surface area contributed by atoms with Crippen LogP contribution in [0.2, 0.25) is 0 Å². The monoisotopic (exact) mass is 459 g/mol. The van der Waals surface area contributed by atoms with Crippen molar-refractivity contribution < 1.29 is 9.90 Å². The summed E-state index contributed by atoms with van der Waals surface area (Å²) in [6.07, 6.45) is 1.61. The second-order valence-corrected chi connectivity index (χ2v) is 7.10. The van der Waals surface area contributed by atoms with Crippen molar-refractivity contribution in [2.24, 2.45) is 5.10 Å². The Morgan fingerprint density at radius 2 is 1.85 bits per heavy atom. The number of nitrogens with zero attached hydrogens (tertiary/aromatic N) is 2. The van der Waals surface area contributed by atoms with Gasteiger partial charge in [0, 0.05) is 26.2 Å². The predicted molar refractivity (Wildman–Crippen MR) is 111 cm³/mol. The van der Waals surface area contributed by atoms with Gasteiger partial charge in [0.05, 0.1) is 11.8 Å². The number of aryl methyl sites for hydroxylation is 1. The third-order valence-corrected chi connectivity index (χ3v) is 4.79. The number of carbonyl (C=O) groups is 1. The summed E-state index contributed by atoms with van der Waals surface area (Å²) < 4.78 is 3.32. The molecular weight excluding hydrogens is 441 g/mol. The van der Waals surface area contributed by atoms with Crippen molar-refractivity contribution in [3.05, 3.63) is 80.7 Å². The highest BCUT2D eigenvalue weighted by Gasteiger charge is 2.11. The maximum absolute atomic E-state index is 12.1. The average molecular weight is 459 g/mol. The van der Waals surface area contributed by atoms with E-state index in [1.165, 1.54) is 9.64 Å². The number of hydrogen-bond acceptors (Lipinski definition) is 3. The number of aromatic nitrogens is 1. The lowest BCUT2D eigenvalue weighted by Gasteiger charge is -2.09. The first-order valence-corrected chi connectivity index (χ1v) is 9.11. The van der Waals surface area contributed by atoms with E-state index >= 15 is 0 Å². The molecule has 26 heavy (non-hydrogen) atoms. The van der Waals surface area contributed by atoms with E-state index in [1.54, 1.807) is 24.4 Å². The summed E-state index contributed by atoms with van der Waals surface area (Å²) in [6, 6.07) is 16.6. The molecule has 1 heterocycles. The van der Waals surface area contributed by atoms with Crippen LogP contribution in [0, 0.1) is 17.4 Å². The molecule has 1 amide bonds. The second kappa shape index (κ2) is 7.74. The van der Waals surface area contributed by atoms with Crippen molar-refractivity contribution in [2.45, 2.75) is 13.8 Å². The van der Waals surface area contributed by atoms with Crippen molar-refractivity contribution in [3.63, 3.8) is 0 Å². The van der Waals surface area contributed by atoms with Gasteiger partial charge in [-0.25, -0.2) is 5.43 Å². The maximum atomic E-state index is 12.1. The molecule has 0 unspecified atom stereocenters. The predicted octanol–water partition coefficient (Wildman–Crippen LogP) is 4.17.